The number of piperazine rings is 1. The van der Waals surface area contributed by atoms with E-state index in [1.54, 1.807) is 6.07 Å². The van der Waals surface area contributed by atoms with Crippen LogP contribution in [0.1, 0.15) is 25.3 Å². The maximum atomic E-state index is 14.1. The van der Waals surface area contributed by atoms with E-state index in [2.05, 4.69) is 56.3 Å². The molecule has 0 atom stereocenters. The fourth-order valence-corrected chi connectivity index (χ4v) is 3.88. The number of rotatable bonds is 7. The van der Waals surface area contributed by atoms with Gasteiger partial charge in [-0.2, -0.15) is 0 Å². The summed E-state index contributed by atoms with van der Waals surface area (Å²) in [5.74, 6) is 1.12. The van der Waals surface area contributed by atoms with Crippen molar-refractivity contribution in [1.29, 1.82) is 0 Å². The highest BCUT2D eigenvalue weighted by Crippen LogP contribution is 2.30. The van der Waals surface area contributed by atoms with Crippen molar-refractivity contribution < 1.29 is 4.39 Å². The molecule has 7 heteroatoms. The van der Waals surface area contributed by atoms with E-state index in [1.165, 1.54) is 30.8 Å². The van der Waals surface area contributed by atoms with Crippen molar-refractivity contribution in [2.24, 2.45) is 0 Å². The van der Waals surface area contributed by atoms with Crippen LogP contribution < -0.4 is 20.9 Å². The molecular formula is C24H29FN6. The van der Waals surface area contributed by atoms with E-state index in [0.29, 0.717) is 49.2 Å². The van der Waals surface area contributed by atoms with E-state index >= 15 is 0 Å². The maximum Gasteiger partial charge on any atom is 0.159 e. The van der Waals surface area contributed by atoms with Crippen LogP contribution in [0.4, 0.5) is 33.1 Å². The number of aryl methyl sites for hydroxylation is 1. The minimum Gasteiger partial charge on any atom is -0.393 e. The monoisotopic (exact) mass is 420 g/mol. The standard InChI is InChI=1S/C24H29FN6/c1-2-3-6-18-9-11-19(12-10-18)29-23-22(26)24(28-17-27-23)31-15-13-30(14-16-31)21-8-5-4-7-20(21)25/h4-5,7-12,17H,2-3,6,13-16,26H2,1H3,(H,27,28,29). The molecule has 0 bridgehead atoms. The van der Waals surface area contributed by atoms with Gasteiger partial charge in [0, 0.05) is 31.9 Å². The van der Waals surface area contributed by atoms with Crippen LogP contribution in [0, 0.1) is 5.82 Å². The zero-order chi connectivity index (χ0) is 21.6. The summed E-state index contributed by atoms with van der Waals surface area (Å²) in [4.78, 5) is 13.0. The molecule has 1 aromatic heterocycles. The highest BCUT2D eigenvalue weighted by molar-refractivity contribution is 5.78. The quantitative estimate of drug-likeness (QED) is 0.582. The first-order chi connectivity index (χ1) is 15.2. The zero-order valence-corrected chi connectivity index (χ0v) is 17.9. The van der Waals surface area contributed by atoms with Crippen LogP contribution in [-0.2, 0) is 6.42 Å². The Morgan fingerprint density at radius 2 is 1.68 bits per heavy atom. The van der Waals surface area contributed by atoms with Crippen molar-refractivity contribution in [2.45, 2.75) is 26.2 Å². The third kappa shape index (κ3) is 4.87. The summed E-state index contributed by atoms with van der Waals surface area (Å²) < 4.78 is 14.1. The first kappa shape index (κ1) is 20.9. The largest absolute Gasteiger partial charge is 0.393 e. The summed E-state index contributed by atoms with van der Waals surface area (Å²) in [6.45, 7) is 5.02. The van der Waals surface area contributed by atoms with Gasteiger partial charge >= 0.3 is 0 Å². The molecule has 0 unspecified atom stereocenters. The van der Waals surface area contributed by atoms with Gasteiger partial charge < -0.3 is 20.9 Å². The normalized spacial score (nSPS) is 14.0. The van der Waals surface area contributed by atoms with E-state index in [4.69, 9.17) is 5.73 Å². The third-order valence-electron chi connectivity index (χ3n) is 5.67. The van der Waals surface area contributed by atoms with Crippen molar-refractivity contribution in [3.8, 4) is 0 Å². The molecular weight excluding hydrogens is 391 g/mol. The Labute approximate surface area is 182 Å². The van der Waals surface area contributed by atoms with Crippen molar-refractivity contribution in [3.05, 3.63) is 66.2 Å². The molecule has 3 aromatic rings. The molecule has 0 amide bonds. The lowest BCUT2D eigenvalue weighted by molar-refractivity contribution is 0.596. The Morgan fingerprint density at radius 1 is 0.968 bits per heavy atom. The first-order valence-corrected chi connectivity index (χ1v) is 10.9. The summed E-state index contributed by atoms with van der Waals surface area (Å²) in [5, 5.41) is 3.31. The minimum absolute atomic E-state index is 0.190. The number of halogens is 1. The smallest absolute Gasteiger partial charge is 0.159 e. The lowest BCUT2D eigenvalue weighted by atomic mass is 10.1. The van der Waals surface area contributed by atoms with Gasteiger partial charge in [0.15, 0.2) is 11.6 Å². The molecule has 1 fully saturated rings. The van der Waals surface area contributed by atoms with Gasteiger partial charge in [0.2, 0.25) is 0 Å². The summed E-state index contributed by atoms with van der Waals surface area (Å²) in [6, 6.07) is 15.3. The zero-order valence-electron chi connectivity index (χ0n) is 17.9. The van der Waals surface area contributed by atoms with E-state index in [-0.39, 0.29) is 5.82 Å². The number of nitrogens with one attached hydrogen (secondary N) is 1. The van der Waals surface area contributed by atoms with Gasteiger partial charge in [-0.05, 0) is 42.7 Å². The summed E-state index contributed by atoms with van der Waals surface area (Å²) in [5.41, 5.74) is 9.87. The molecule has 31 heavy (non-hydrogen) atoms. The molecule has 1 aliphatic rings. The second-order valence-electron chi connectivity index (χ2n) is 7.81. The number of hydrogen-bond donors (Lipinski definition) is 2. The molecule has 2 heterocycles. The van der Waals surface area contributed by atoms with E-state index in [0.717, 1.165) is 12.1 Å². The molecule has 162 valence electrons. The van der Waals surface area contributed by atoms with Crippen LogP contribution in [0.3, 0.4) is 0 Å². The Balaban J connectivity index is 1.43. The molecule has 0 aliphatic carbocycles. The predicted molar refractivity (Wildman–Crippen MR) is 126 cm³/mol. The number of benzene rings is 2. The molecule has 1 saturated heterocycles. The van der Waals surface area contributed by atoms with Gasteiger partial charge in [-0.25, -0.2) is 14.4 Å². The predicted octanol–water partition coefficient (Wildman–Crippen LogP) is 4.61. The van der Waals surface area contributed by atoms with E-state index in [9.17, 15) is 4.39 Å². The van der Waals surface area contributed by atoms with Gasteiger partial charge in [0.25, 0.3) is 0 Å². The summed E-state index contributed by atoms with van der Waals surface area (Å²) >= 11 is 0. The van der Waals surface area contributed by atoms with Crippen molar-refractivity contribution in [2.75, 3.05) is 47.0 Å². The second kappa shape index (κ2) is 9.64. The fourth-order valence-electron chi connectivity index (χ4n) is 3.88. The number of para-hydroxylation sites is 1. The molecule has 3 N–H and O–H groups in total. The third-order valence-corrected chi connectivity index (χ3v) is 5.67. The number of hydrogen-bond acceptors (Lipinski definition) is 6. The Bertz CT molecular complexity index is 999. The Morgan fingerprint density at radius 3 is 2.39 bits per heavy atom. The second-order valence-corrected chi connectivity index (χ2v) is 7.81. The average molecular weight is 421 g/mol. The first-order valence-electron chi connectivity index (χ1n) is 10.9. The minimum atomic E-state index is -0.190. The van der Waals surface area contributed by atoms with Gasteiger partial charge in [-0.1, -0.05) is 37.6 Å². The fraction of sp³-hybridized carbons (Fsp3) is 0.333. The van der Waals surface area contributed by atoms with Crippen LogP contribution in [-0.4, -0.2) is 36.1 Å². The molecule has 0 saturated carbocycles. The lowest BCUT2D eigenvalue weighted by Crippen LogP contribution is -2.47. The molecule has 4 rings (SSSR count). The van der Waals surface area contributed by atoms with Crippen molar-refractivity contribution >= 4 is 28.7 Å². The van der Waals surface area contributed by atoms with Crippen LogP contribution in [0.15, 0.2) is 54.9 Å². The number of anilines is 5. The Kier molecular flexibility index (Phi) is 6.50. The molecule has 2 aromatic carbocycles. The van der Waals surface area contributed by atoms with Gasteiger partial charge in [0.05, 0.1) is 5.69 Å². The Hall–Kier alpha value is -3.35. The maximum absolute atomic E-state index is 14.1. The molecule has 0 radical (unpaired) electrons. The molecule has 0 spiro atoms. The van der Waals surface area contributed by atoms with Crippen LogP contribution in [0.2, 0.25) is 0 Å². The van der Waals surface area contributed by atoms with Crippen LogP contribution in [0.5, 0.6) is 0 Å². The number of unbranched alkanes of at least 4 members (excludes halogenated alkanes) is 1. The SMILES string of the molecule is CCCCc1ccc(Nc2ncnc(N3CCN(c4ccccc4F)CC3)c2N)cc1. The van der Waals surface area contributed by atoms with E-state index < -0.39 is 0 Å². The number of nitrogens with two attached hydrogens (primary N) is 1. The van der Waals surface area contributed by atoms with Crippen LogP contribution in [0.25, 0.3) is 0 Å². The average Bonchev–Trinajstić information content (AvgIpc) is 2.80. The van der Waals surface area contributed by atoms with Crippen molar-refractivity contribution in [1.82, 2.24) is 9.97 Å². The number of aromatic nitrogens is 2. The van der Waals surface area contributed by atoms with Crippen molar-refractivity contribution in [3.63, 3.8) is 0 Å². The summed E-state index contributed by atoms with van der Waals surface area (Å²) in [7, 11) is 0. The van der Waals surface area contributed by atoms with Gasteiger partial charge in [-0.3, -0.25) is 0 Å². The number of nitrogens with zero attached hydrogens (tertiary/aromatic N) is 4. The molecule has 1 aliphatic heterocycles. The van der Waals surface area contributed by atoms with Crippen LogP contribution >= 0.6 is 0 Å². The topological polar surface area (TPSA) is 70.3 Å². The van der Waals surface area contributed by atoms with E-state index in [1.807, 2.05) is 12.1 Å². The lowest BCUT2D eigenvalue weighted by Gasteiger charge is -2.37. The van der Waals surface area contributed by atoms with Gasteiger partial charge in [0.1, 0.15) is 17.8 Å². The highest BCUT2D eigenvalue weighted by Gasteiger charge is 2.22. The summed E-state index contributed by atoms with van der Waals surface area (Å²) in [6.07, 6.45) is 5.01. The molecule has 6 nitrogen and oxygen atoms in total. The highest BCUT2D eigenvalue weighted by atomic mass is 19.1. The number of nitrogen functional groups attached to an aromatic ring is 1. The van der Waals surface area contributed by atoms with Gasteiger partial charge in [-0.15, -0.1) is 0 Å².